The lowest BCUT2D eigenvalue weighted by molar-refractivity contribution is 0.0978. The second kappa shape index (κ2) is 8.09. The fourth-order valence-electron chi connectivity index (χ4n) is 2.65. The van der Waals surface area contributed by atoms with Gasteiger partial charge in [0.15, 0.2) is 5.78 Å². The van der Waals surface area contributed by atoms with E-state index in [0.717, 1.165) is 0 Å². The summed E-state index contributed by atoms with van der Waals surface area (Å²) >= 11 is 23.2. The smallest absolute Gasteiger partial charge is 0.212 e. The van der Waals surface area contributed by atoms with E-state index in [0.29, 0.717) is 0 Å². The maximum absolute atomic E-state index is 12.6. The van der Waals surface area contributed by atoms with Gasteiger partial charge in [-0.2, -0.15) is 0 Å². The maximum atomic E-state index is 12.6. The molecule has 0 aliphatic carbocycles. The summed E-state index contributed by atoms with van der Waals surface area (Å²) in [6.45, 7) is 0. The number of aromatic hydroxyl groups is 2. The first kappa shape index (κ1) is 20.6. The number of aromatic nitrogens is 2. The van der Waals surface area contributed by atoms with Crippen LogP contribution in [0.1, 0.15) is 38.5 Å². The number of carbonyl (C=O) groups excluding carboxylic acids is 2. The Morgan fingerprint density at radius 3 is 2.00 bits per heavy atom. The minimum absolute atomic E-state index is 0.0158. The van der Waals surface area contributed by atoms with Gasteiger partial charge in [-0.05, 0) is 30.7 Å². The molecule has 3 aromatic rings. The number of hydrogen-bond donors (Lipinski definition) is 4. The van der Waals surface area contributed by atoms with Crippen LogP contribution in [0.3, 0.4) is 0 Å². The van der Waals surface area contributed by atoms with Crippen molar-refractivity contribution in [3.05, 3.63) is 67.1 Å². The SMILES string of the molecule is O=C(CCc1c(O)ccc(C(=O)c2cc(Cl)c(Cl)[nH]2)c1O)c1cc(Cl)c(Cl)[nH]1. The Bertz CT molecular complexity index is 1050. The highest BCUT2D eigenvalue weighted by molar-refractivity contribution is 6.42. The number of ketones is 2. The molecule has 0 aliphatic heterocycles. The van der Waals surface area contributed by atoms with Crippen molar-refractivity contribution in [2.45, 2.75) is 12.8 Å². The van der Waals surface area contributed by atoms with Crippen LogP contribution in [-0.4, -0.2) is 31.7 Å². The molecule has 0 saturated carbocycles. The van der Waals surface area contributed by atoms with Gasteiger partial charge in [0, 0.05) is 12.0 Å². The lowest BCUT2D eigenvalue weighted by Crippen LogP contribution is -2.06. The Morgan fingerprint density at radius 1 is 0.893 bits per heavy atom. The molecular weight excluding hydrogens is 450 g/mol. The second-order valence-electron chi connectivity index (χ2n) is 5.90. The number of halogens is 4. The lowest BCUT2D eigenvalue weighted by Gasteiger charge is -2.10. The molecule has 0 aliphatic rings. The van der Waals surface area contributed by atoms with Crippen molar-refractivity contribution in [3.8, 4) is 11.5 Å². The van der Waals surface area contributed by atoms with E-state index in [4.69, 9.17) is 46.4 Å². The molecule has 0 atom stereocenters. The van der Waals surface area contributed by atoms with Crippen molar-refractivity contribution < 1.29 is 19.8 Å². The zero-order valence-electron chi connectivity index (χ0n) is 13.9. The first-order valence-corrected chi connectivity index (χ1v) is 9.40. The Hall–Kier alpha value is -2.12. The van der Waals surface area contributed by atoms with Crippen LogP contribution in [-0.2, 0) is 6.42 Å². The average molecular weight is 462 g/mol. The number of H-pyrrole nitrogens is 2. The van der Waals surface area contributed by atoms with E-state index < -0.39 is 11.5 Å². The molecule has 0 spiro atoms. The fraction of sp³-hybridized carbons (Fsp3) is 0.111. The summed E-state index contributed by atoms with van der Waals surface area (Å²) in [4.78, 5) is 30.1. The van der Waals surface area contributed by atoms with Gasteiger partial charge in [-0.1, -0.05) is 46.4 Å². The summed E-state index contributed by atoms with van der Waals surface area (Å²) < 4.78 is 0. The van der Waals surface area contributed by atoms with Crippen LogP contribution in [0.5, 0.6) is 11.5 Å². The number of aromatic amines is 2. The number of phenolic OH excluding ortho intramolecular Hbond substituents is 2. The van der Waals surface area contributed by atoms with Crippen molar-refractivity contribution in [1.29, 1.82) is 0 Å². The largest absolute Gasteiger partial charge is 0.508 e. The van der Waals surface area contributed by atoms with E-state index in [9.17, 15) is 19.8 Å². The maximum Gasteiger partial charge on any atom is 0.212 e. The molecule has 0 bridgehead atoms. The predicted molar refractivity (Wildman–Crippen MR) is 107 cm³/mol. The highest BCUT2D eigenvalue weighted by Crippen LogP contribution is 2.34. The topological polar surface area (TPSA) is 106 Å². The van der Waals surface area contributed by atoms with E-state index in [1.165, 1.54) is 24.3 Å². The molecule has 0 radical (unpaired) electrons. The van der Waals surface area contributed by atoms with E-state index in [-0.39, 0.29) is 67.2 Å². The molecule has 0 amide bonds. The summed E-state index contributed by atoms with van der Waals surface area (Å²) in [6, 6.07) is 5.26. The Balaban J connectivity index is 1.84. The summed E-state index contributed by atoms with van der Waals surface area (Å²) in [7, 11) is 0. The van der Waals surface area contributed by atoms with Gasteiger partial charge < -0.3 is 20.2 Å². The van der Waals surface area contributed by atoms with Gasteiger partial charge in [-0.25, -0.2) is 0 Å². The summed E-state index contributed by atoms with van der Waals surface area (Å²) in [5.74, 6) is -1.57. The first-order chi connectivity index (χ1) is 13.2. The Labute approximate surface area is 179 Å². The number of benzene rings is 1. The molecule has 0 fully saturated rings. The number of rotatable bonds is 6. The molecule has 3 rings (SSSR count). The summed E-state index contributed by atoms with van der Waals surface area (Å²) in [6.07, 6.45) is -0.0792. The van der Waals surface area contributed by atoms with Gasteiger partial charge in [-0.3, -0.25) is 9.59 Å². The van der Waals surface area contributed by atoms with Crippen LogP contribution in [0.15, 0.2) is 24.3 Å². The normalized spacial score (nSPS) is 11.0. The van der Waals surface area contributed by atoms with E-state index >= 15 is 0 Å². The number of hydrogen-bond acceptors (Lipinski definition) is 4. The molecule has 28 heavy (non-hydrogen) atoms. The standard InChI is InChI=1S/C18H12Cl4N2O4/c19-9-5-11(23-17(9)21)14(26)4-1-7-13(25)3-2-8(15(7)27)16(28)12-6-10(20)18(22)24-12/h2-3,5-6,23-25,27H,1,4H2. The molecule has 1 aromatic carbocycles. The average Bonchev–Trinajstić information content (AvgIpc) is 3.16. The minimum Gasteiger partial charge on any atom is -0.508 e. The fourth-order valence-corrected chi connectivity index (χ4v) is 3.28. The highest BCUT2D eigenvalue weighted by atomic mass is 35.5. The second-order valence-corrected chi connectivity index (χ2v) is 7.47. The zero-order valence-corrected chi connectivity index (χ0v) is 17.0. The monoisotopic (exact) mass is 460 g/mol. The van der Waals surface area contributed by atoms with Crippen molar-refractivity contribution >= 4 is 58.0 Å². The molecule has 146 valence electrons. The summed E-state index contributed by atoms with van der Waals surface area (Å²) in [5, 5.41) is 21.2. The third-order valence-corrected chi connectivity index (χ3v) is 5.49. The molecule has 0 unspecified atom stereocenters. The van der Waals surface area contributed by atoms with Crippen LogP contribution >= 0.6 is 46.4 Å². The van der Waals surface area contributed by atoms with Crippen LogP contribution in [0, 0.1) is 0 Å². The van der Waals surface area contributed by atoms with Gasteiger partial charge in [0.2, 0.25) is 5.78 Å². The third-order valence-electron chi connectivity index (χ3n) is 4.10. The quantitative estimate of drug-likeness (QED) is 0.368. The van der Waals surface area contributed by atoms with Crippen LogP contribution in [0.2, 0.25) is 20.4 Å². The van der Waals surface area contributed by atoms with E-state index in [1.54, 1.807) is 0 Å². The van der Waals surface area contributed by atoms with Gasteiger partial charge >= 0.3 is 0 Å². The van der Waals surface area contributed by atoms with Crippen molar-refractivity contribution in [3.63, 3.8) is 0 Å². The lowest BCUT2D eigenvalue weighted by atomic mass is 9.98. The first-order valence-electron chi connectivity index (χ1n) is 7.88. The molecule has 0 saturated heterocycles. The minimum atomic E-state index is -0.568. The van der Waals surface area contributed by atoms with Gasteiger partial charge in [0.05, 0.1) is 27.0 Å². The van der Waals surface area contributed by atoms with Crippen LogP contribution in [0.4, 0.5) is 0 Å². The number of carbonyl (C=O) groups is 2. The van der Waals surface area contributed by atoms with Crippen molar-refractivity contribution in [2.75, 3.05) is 0 Å². The van der Waals surface area contributed by atoms with Crippen molar-refractivity contribution in [1.82, 2.24) is 9.97 Å². The molecule has 2 aromatic heterocycles. The van der Waals surface area contributed by atoms with Crippen molar-refractivity contribution in [2.24, 2.45) is 0 Å². The molecular formula is C18H12Cl4N2O4. The van der Waals surface area contributed by atoms with Gasteiger partial charge in [0.25, 0.3) is 0 Å². The van der Waals surface area contributed by atoms with E-state index in [2.05, 4.69) is 9.97 Å². The number of Topliss-reactive ketones (excluding diaryl/α,β-unsaturated/α-hetero) is 1. The third kappa shape index (κ3) is 4.00. The predicted octanol–water partition coefficient (Wildman–Crippen LogP) is 5.41. The number of nitrogens with one attached hydrogen (secondary N) is 2. The number of phenols is 2. The molecule has 4 N–H and O–H groups in total. The highest BCUT2D eigenvalue weighted by Gasteiger charge is 2.22. The Kier molecular flexibility index (Phi) is 5.95. The van der Waals surface area contributed by atoms with Crippen LogP contribution in [0.25, 0.3) is 0 Å². The van der Waals surface area contributed by atoms with Gasteiger partial charge in [0.1, 0.15) is 21.8 Å². The zero-order chi connectivity index (χ0) is 20.6. The van der Waals surface area contributed by atoms with Gasteiger partial charge in [-0.15, -0.1) is 0 Å². The summed E-state index contributed by atoms with van der Waals surface area (Å²) in [5.41, 5.74) is 0.276. The molecule has 2 heterocycles. The molecule has 6 nitrogen and oxygen atoms in total. The molecule has 10 heteroatoms. The van der Waals surface area contributed by atoms with Crippen LogP contribution < -0.4 is 0 Å². The Morgan fingerprint density at radius 2 is 1.46 bits per heavy atom. The van der Waals surface area contributed by atoms with E-state index in [1.807, 2.05) is 0 Å².